The molecule has 0 aliphatic carbocycles. The smallest absolute Gasteiger partial charge is 0.422 e. The van der Waals surface area contributed by atoms with Crippen molar-refractivity contribution >= 4 is 6.03 Å². The van der Waals surface area contributed by atoms with Crippen LogP contribution >= 0.6 is 0 Å². The first-order valence-electron chi connectivity index (χ1n) is 8.78. The van der Waals surface area contributed by atoms with Crippen LogP contribution in [-0.4, -0.2) is 28.6 Å². The summed E-state index contributed by atoms with van der Waals surface area (Å²) in [5.74, 6) is 0.0949. The maximum absolute atomic E-state index is 12.2. The lowest BCUT2D eigenvalue weighted by atomic mass is 10.2. The van der Waals surface area contributed by atoms with E-state index in [1.165, 1.54) is 12.1 Å². The summed E-state index contributed by atoms with van der Waals surface area (Å²) in [7, 11) is 0. The molecule has 0 unspecified atom stereocenters. The molecule has 0 saturated carbocycles. The molecule has 1 aromatic heterocycles. The van der Waals surface area contributed by atoms with Crippen LogP contribution in [0.1, 0.15) is 11.1 Å². The van der Waals surface area contributed by atoms with Crippen molar-refractivity contribution in [3.05, 3.63) is 78.1 Å². The number of nitrogens with zero attached hydrogens (tertiary/aromatic N) is 2. The first kappa shape index (κ1) is 20.2. The highest BCUT2D eigenvalue weighted by molar-refractivity contribution is 5.73. The van der Waals surface area contributed by atoms with Crippen molar-refractivity contribution in [2.24, 2.45) is 0 Å². The molecule has 3 rings (SSSR count). The molecule has 2 N–H and O–H groups in total. The number of hydrogen-bond donors (Lipinski definition) is 2. The molecule has 1 heterocycles. The fourth-order valence-corrected chi connectivity index (χ4v) is 2.57. The highest BCUT2D eigenvalue weighted by atomic mass is 19.4. The van der Waals surface area contributed by atoms with E-state index in [2.05, 4.69) is 15.7 Å². The molecule has 29 heavy (non-hydrogen) atoms. The summed E-state index contributed by atoms with van der Waals surface area (Å²) in [4.78, 5) is 12.0. The van der Waals surface area contributed by atoms with Gasteiger partial charge in [-0.15, -0.1) is 0 Å². The molecule has 2 aromatic carbocycles. The van der Waals surface area contributed by atoms with Gasteiger partial charge in [0.1, 0.15) is 5.75 Å². The van der Waals surface area contributed by atoms with Crippen molar-refractivity contribution in [1.82, 2.24) is 20.4 Å². The van der Waals surface area contributed by atoms with Crippen molar-refractivity contribution in [3.63, 3.8) is 0 Å². The molecule has 0 aliphatic heterocycles. The number of benzene rings is 2. The van der Waals surface area contributed by atoms with E-state index in [-0.39, 0.29) is 12.3 Å². The van der Waals surface area contributed by atoms with Gasteiger partial charge in [-0.05, 0) is 41.5 Å². The second-order valence-corrected chi connectivity index (χ2v) is 6.21. The molecule has 0 atom stereocenters. The van der Waals surface area contributed by atoms with Gasteiger partial charge in [0, 0.05) is 25.5 Å². The van der Waals surface area contributed by atoms with Gasteiger partial charge in [0.25, 0.3) is 0 Å². The van der Waals surface area contributed by atoms with Gasteiger partial charge in [-0.1, -0.05) is 24.3 Å². The molecule has 0 saturated heterocycles. The average Bonchev–Trinajstić information content (AvgIpc) is 3.24. The predicted molar refractivity (Wildman–Crippen MR) is 101 cm³/mol. The Bertz CT molecular complexity index is 943. The molecule has 0 spiro atoms. The second-order valence-electron chi connectivity index (χ2n) is 6.21. The zero-order valence-corrected chi connectivity index (χ0v) is 15.3. The molecule has 0 aliphatic rings. The van der Waals surface area contributed by atoms with Crippen molar-refractivity contribution < 1.29 is 22.7 Å². The molecule has 0 fully saturated rings. The zero-order chi connectivity index (χ0) is 20.7. The third kappa shape index (κ3) is 6.56. The summed E-state index contributed by atoms with van der Waals surface area (Å²) in [5, 5.41) is 9.57. The van der Waals surface area contributed by atoms with E-state index >= 15 is 0 Å². The molecule has 3 aromatic rings. The van der Waals surface area contributed by atoms with Gasteiger partial charge in [-0.2, -0.15) is 18.3 Å². The fraction of sp³-hybridized carbons (Fsp3) is 0.200. The van der Waals surface area contributed by atoms with Gasteiger partial charge >= 0.3 is 12.2 Å². The normalized spacial score (nSPS) is 11.1. The van der Waals surface area contributed by atoms with Gasteiger partial charge < -0.3 is 15.4 Å². The fourth-order valence-electron chi connectivity index (χ4n) is 2.57. The minimum absolute atomic E-state index is 0.0949. The molecule has 2 amide bonds. The molecule has 152 valence electrons. The number of aromatic nitrogens is 2. The van der Waals surface area contributed by atoms with E-state index in [4.69, 9.17) is 4.74 Å². The standard InChI is InChI=1S/C20H19F3N4O2/c21-20(22,23)14-29-18-7-2-5-16(11-18)13-25-19(28)24-12-15-4-1-6-17(10-15)27-9-3-8-26-27/h1-11H,12-14H2,(H2,24,25,28). The molecule has 0 radical (unpaired) electrons. The Morgan fingerprint density at radius 1 is 1.00 bits per heavy atom. The summed E-state index contributed by atoms with van der Waals surface area (Å²) in [6.07, 6.45) is -0.893. The summed E-state index contributed by atoms with van der Waals surface area (Å²) in [6.45, 7) is -0.889. The summed E-state index contributed by atoms with van der Waals surface area (Å²) in [6, 6.07) is 15.2. The maximum Gasteiger partial charge on any atom is 0.422 e. The van der Waals surface area contributed by atoms with Gasteiger partial charge in [-0.3, -0.25) is 0 Å². The van der Waals surface area contributed by atoms with Crippen molar-refractivity contribution in [3.8, 4) is 11.4 Å². The Morgan fingerprint density at radius 3 is 2.34 bits per heavy atom. The van der Waals surface area contributed by atoms with Crippen LogP contribution in [0.5, 0.6) is 5.75 Å². The molecule has 9 heteroatoms. The summed E-state index contributed by atoms with van der Waals surface area (Å²) in [5.41, 5.74) is 2.40. The largest absolute Gasteiger partial charge is 0.484 e. The van der Waals surface area contributed by atoms with Gasteiger partial charge in [0.05, 0.1) is 5.69 Å². The Morgan fingerprint density at radius 2 is 1.69 bits per heavy atom. The lowest BCUT2D eigenvalue weighted by Gasteiger charge is -2.11. The maximum atomic E-state index is 12.2. The number of alkyl halides is 3. The lowest BCUT2D eigenvalue weighted by molar-refractivity contribution is -0.153. The van der Waals surface area contributed by atoms with E-state index in [9.17, 15) is 18.0 Å². The summed E-state index contributed by atoms with van der Waals surface area (Å²) < 4.78 is 43.1. The van der Waals surface area contributed by atoms with Gasteiger partial charge in [0.15, 0.2) is 6.61 Å². The van der Waals surface area contributed by atoms with Gasteiger partial charge in [-0.25, -0.2) is 9.48 Å². The number of hydrogen-bond acceptors (Lipinski definition) is 3. The molecular formula is C20H19F3N4O2. The van der Waals surface area contributed by atoms with Crippen molar-refractivity contribution in [1.29, 1.82) is 0 Å². The van der Waals surface area contributed by atoms with E-state index in [1.54, 1.807) is 23.0 Å². The first-order chi connectivity index (χ1) is 13.9. The Balaban J connectivity index is 1.47. The SMILES string of the molecule is O=C(NCc1cccc(OCC(F)(F)F)c1)NCc1cccc(-n2cccn2)c1. The Kier molecular flexibility index (Phi) is 6.38. The third-order valence-corrected chi connectivity index (χ3v) is 3.89. The predicted octanol–water partition coefficient (Wildman–Crippen LogP) is 3.81. The highest BCUT2D eigenvalue weighted by Crippen LogP contribution is 2.19. The van der Waals surface area contributed by atoms with E-state index < -0.39 is 18.8 Å². The number of carbonyl (C=O) groups is 1. The molecule has 0 bridgehead atoms. The monoisotopic (exact) mass is 404 g/mol. The Hall–Kier alpha value is -3.49. The zero-order valence-electron chi connectivity index (χ0n) is 15.3. The van der Waals surface area contributed by atoms with Crippen LogP contribution in [0.15, 0.2) is 67.0 Å². The number of amides is 2. The van der Waals surface area contributed by atoms with E-state index in [0.29, 0.717) is 12.1 Å². The number of rotatable bonds is 7. The quantitative estimate of drug-likeness (QED) is 0.629. The lowest BCUT2D eigenvalue weighted by Crippen LogP contribution is -2.34. The number of carbonyl (C=O) groups excluding carboxylic acids is 1. The van der Waals surface area contributed by atoms with Crippen LogP contribution in [0.2, 0.25) is 0 Å². The van der Waals surface area contributed by atoms with Gasteiger partial charge in [0.2, 0.25) is 0 Å². The molecular weight excluding hydrogens is 385 g/mol. The number of ether oxygens (including phenoxy) is 1. The van der Waals surface area contributed by atoms with Crippen LogP contribution < -0.4 is 15.4 Å². The van der Waals surface area contributed by atoms with Crippen LogP contribution in [0.4, 0.5) is 18.0 Å². The average molecular weight is 404 g/mol. The van der Waals surface area contributed by atoms with E-state index in [0.717, 1.165) is 11.3 Å². The Labute approximate surface area is 165 Å². The number of halogens is 3. The van der Waals surface area contributed by atoms with Crippen molar-refractivity contribution in [2.45, 2.75) is 19.3 Å². The van der Waals surface area contributed by atoms with Crippen molar-refractivity contribution in [2.75, 3.05) is 6.61 Å². The first-order valence-corrected chi connectivity index (χ1v) is 8.78. The topological polar surface area (TPSA) is 68.2 Å². The molecule has 6 nitrogen and oxygen atoms in total. The van der Waals surface area contributed by atoms with Crippen LogP contribution in [0, 0.1) is 0 Å². The minimum atomic E-state index is -4.40. The highest BCUT2D eigenvalue weighted by Gasteiger charge is 2.28. The second kappa shape index (κ2) is 9.13. The summed E-state index contributed by atoms with van der Waals surface area (Å²) >= 11 is 0. The minimum Gasteiger partial charge on any atom is -0.484 e. The number of urea groups is 1. The number of nitrogens with one attached hydrogen (secondary N) is 2. The van der Waals surface area contributed by atoms with Crippen LogP contribution in [0.25, 0.3) is 5.69 Å². The third-order valence-electron chi connectivity index (χ3n) is 3.89. The van der Waals surface area contributed by atoms with E-state index in [1.807, 2.05) is 36.5 Å². The van der Waals surface area contributed by atoms with Crippen LogP contribution in [-0.2, 0) is 13.1 Å². The van der Waals surface area contributed by atoms with Crippen LogP contribution in [0.3, 0.4) is 0 Å².